The van der Waals surface area contributed by atoms with E-state index in [1.807, 2.05) is 16.8 Å². The van der Waals surface area contributed by atoms with Gasteiger partial charge in [-0.15, -0.1) is 11.8 Å². The first-order valence-corrected chi connectivity index (χ1v) is 6.81. The van der Waals surface area contributed by atoms with Crippen molar-refractivity contribution in [2.75, 3.05) is 11.9 Å². The van der Waals surface area contributed by atoms with Gasteiger partial charge in [-0.25, -0.2) is 0 Å². The van der Waals surface area contributed by atoms with Gasteiger partial charge in [0.2, 0.25) is 0 Å². The lowest BCUT2D eigenvalue weighted by atomic mass is 10.2. The van der Waals surface area contributed by atoms with Crippen LogP contribution in [0.3, 0.4) is 0 Å². The lowest BCUT2D eigenvalue weighted by Crippen LogP contribution is -2.22. The van der Waals surface area contributed by atoms with Crippen LogP contribution in [0.5, 0.6) is 0 Å². The molecule has 6 nitrogen and oxygen atoms in total. The minimum absolute atomic E-state index is 0.0311. The smallest absolute Gasteiger partial charge is 0.148 e. The SMILES string of the molecule is C[C@@H]1S[C@@H](CO)O[C@H]1n1ccc2c1NC=NC2N. The van der Waals surface area contributed by atoms with Crippen LogP contribution in [0.4, 0.5) is 5.82 Å². The summed E-state index contributed by atoms with van der Waals surface area (Å²) in [6.45, 7) is 2.12. The van der Waals surface area contributed by atoms with E-state index < -0.39 is 0 Å². The minimum Gasteiger partial charge on any atom is -0.393 e. The summed E-state index contributed by atoms with van der Waals surface area (Å²) >= 11 is 1.64. The molecule has 0 amide bonds. The highest BCUT2D eigenvalue weighted by molar-refractivity contribution is 8.00. The largest absolute Gasteiger partial charge is 0.393 e. The third kappa shape index (κ3) is 1.83. The van der Waals surface area contributed by atoms with Crippen molar-refractivity contribution < 1.29 is 9.84 Å². The highest BCUT2D eigenvalue weighted by Gasteiger charge is 2.35. The van der Waals surface area contributed by atoms with Crippen molar-refractivity contribution in [2.45, 2.75) is 30.0 Å². The highest BCUT2D eigenvalue weighted by atomic mass is 32.2. The van der Waals surface area contributed by atoms with Gasteiger partial charge in [0, 0.05) is 11.8 Å². The van der Waals surface area contributed by atoms with E-state index >= 15 is 0 Å². The molecular formula is C11H16N4O2S. The molecule has 0 spiro atoms. The molecule has 0 saturated carbocycles. The summed E-state index contributed by atoms with van der Waals surface area (Å²) in [5.74, 6) is 0.925. The predicted octanol–water partition coefficient (Wildman–Crippen LogP) is 0.868. The second-order valence-corrected chi connectivity index (χ2v) is 5.92. The van der Waals surface area contributed by atoms with E-state index in [0.717, 1.165) is 11.4 Å². The quantitative estimate of drug-likeness (QED) is 0.741. The Kier molecular flexibility index (Phi) is 3.06. The molecule has 2 aliphatic rings. The summed E-state index contributed by atoms with van der Waals surface area (Å²) in [7, 11) is 0. The third-order valence-corrected chi connectivity index (χ3v) is 4.41. The molecule has 4 atom stereocenters. The number of rotatable bonds is 2. The Bertz CT molecular complexity index is 476. The van der Waals surface area contributed by atoms with Crippen LogP contribution in [-0.4, -0.2) is 33.3 Å². The van der Waals surface area contributed by atoms with Crippen LogP contribution in [0.1, 0.15) is 24.9 Å². The second-order valence-electron chi connectivity index (χ2n) is 4.37. The Hall–Kier alpha value is -1.02. The van der Waals surface area contributed by atoms with Gasteiger partial charge < -0.3 is 25.5 Å². The van der Waals surface area contributed by atoms with Crippen molar-refractivity contribution in [3.8, 4) is 0 Å². The van der Waals surface area contributed by atoms with Crippen LogP contribution in [0.25, 0.3) is 0 Å². The molecule has 3 rings (SSSR count). The van der Waals surface area contributed by atoms with E-state index in [1.54, 1.807) is 18.1 Å². The molecule has 1 aromatic heterocycles. The van der Waals surface area contributed by atoms with Gasteiger partial charge in [0.05, 0.1) is 18.2 Å². The number of aliphatic hydroxyl groups is 1. The van der Waals surface area contributed by atoms with Crippen molar-refractivity contribution in [3.63, 3.8) is 0 Å². The molecule has 98 valence electrons. The third-order valence-electron chi connectivity index (χ3n) is 3.18. The maximum atomic E-state index is 9.17. The molecule has 4 N–H and O–H groups in total. The topological polar surface area (TPSA) is 84.8 Å². The number of fused-ring (bicyclic) bond motifs is 1. The molecule has 0 radical (unpaired) electrons. The van der Waals surface area contributed by atoms with Crippen LogP contribution >= 0.6 is 11.8 Å². The molecule has 0 aromatic carbocycles. The summed E-state index contributed by atoms with van der Waals surface area (Å²) in [5, 5.41) is 12.6. The Balaban J connectivity index is 1.90. The number of anilines is 1. The molecule has 1 unspecified atom stereocenters. The number of hydrogen-bond acceptors (Lipinski definition) is 6. The average Bonchev–Trinajstić information content (AvgIpc) is 2.93. The Morgan fingerprint density at radius 1 is 1.67 bits per heavy atom. The van der Waals surface area contributed by atoms with Gasteiger partial charge in [-0.3, -0.25) is 4.99 Å². The molecule has 1 fully saturated rings. The number of nitrogens with zero attached hydrogens (tertiary/aromatic N) is 2. The first-order valence-electron chi connectivity index (χ1n) is 5.87. The average molecular weight is 268 g/mol. The molecule has 1 aromatic rings. The fraction of sp³-hybridized carbons (Fsp3) is 0.545. The van der Waals surface area contributed by atoms with Crippen molar-refractivity contribution in [1.29, 1.82) is 0 Å². The summed E-state index contributed by atoms with van der Waals surface area (Å²) in [6.07, 6.45) is 3.15. The summed E-state index contributed by atoms with van der Waals surface area (Å²) in [4.78, 5) is 4.10. The van der Waals surface area contributed by atoms with Crippen molar-refractivity contribution in [1.82, 2.24) is 4.57 Å². The zero-order chi connectivity index (χ0) is 12.7. The lowest BCUT2D eigenvalue weighted by Gasteiger charge is -2.22. The van der Waals surface area contributed by atoms with Crippen molar-refractivity contribution in [2.24, 2.45) is 10.7 Å². The van der Waals surface area contributed by atoms with Gasteiger partial charge in [0.1, 0.15) is 23.6 Å². The highest BCUT2D eigenvalue weighted by Crippen LogP contribution is 2.41. The van der Waals surface area contributed by atoms with Crippen LogP contribution < -0.4 is 11.1 Å². The van der Waals surface area contributed by atoms with E-state index in [0.29, 0.717) is 0 Å². The summed E-state index contributed by atoms with van der Waals surface area (Å²) < 4.78 is 7.84. The monoisotopic (exact) mass is 268 g/mol. The number of hydrogen-bond donors (Lipinski definition) is 3. The number of aliphatic imine (C=N–C) groups is 1. The van der Waals surface area contributed by atoms with Gasteiger partial charge in [-0.1, -0.05) is 0 Å². The number of aromatic nitrogens is 1. The Morgan fingerprint density at radius 2 is 2.50 bits per heavy atom. The van der Waals surface area contributed by atoms with Crippen LogP contribution in [0.15, 0.2) is 17.3 Å². The number of nitrogens with one attached hydrogen (secondary N) is 1. The molecule has 1 saturated heterocycles. The first kappa shape index (κ1) is 12.0. The van der Waals surface area contributed by atoms with Crippen molar-refractivity contribution >= 4 is 23.9 Å². The van der Waals surface area contributed by atoms with Gasteiger partial charge in [0.15, 0.2) is 0 Å². The summed E-state index contributed by atoms with van der Waals surface area (Å²) in [5.41, 5.74) is 6.71. The maximum Gasteiger partial charge on any atom is 0.148 e. The fourth-order valence-electron chi connectivity index (χ4n) is 2.31. The fourth-order valence-corrected chi connectivity index (χ4v) is 3.39. The van der Waals surface area contributed by atoms with Gasteiger partial charge in [0.25, 0.3) is 0 Å². The van der Waals surface area contributed by atoms with Gasteiger partial charge >= 0.3 is 0 Å². The zero-order valence-electron chi connectivity index (χ0n) is 9.98. The van der Waals surface area contributed by atoms with Crippen LogP contribution in [0, 0.1) is 0 Å². The zero-order valence-corrected chi connectivity index (χ0v) is 10.8. The maximum absolute atomic E-state index is 9.17. The van der Waals surface area contributed by atoms with Crippen LogP contribution in [-0.2, 0) is 4.74 Å². The normalized spacial score (nSPS) is 34.4. The number of thioether (sulfide) groups is 1. The number of nitrogens with two attached hydrogens (primary N) is 1. The molecule has 7 heteroatoms. The molecule has 3 heterocycles. The summed E-state index contributed by atoms with van der Waals surface area (Å²) in [6, 6.07) is 1.95. The minimum atomic E-state index is -0.319. The molecule has 0 bridgehead atoms. The first-order chi connectivity index (χ1) is 8.70. The van der Waals surface area contributed by atoms with Gasteiger partial charge in [-0.2, -0.15) is 0 Å². The Labute approximate surface area is 109 Å². The van der Waals surface area contributed by atoms with Crippen LogP contribution in [0.2, 0.25) is 0 Å². The van der Waals surface area contributed by atoms with Crippen molar-refractivity contribution in [3.05, 3.63) is 17.8 Å². The van der Waals surface area contributed by atoms with E-state index in [2.05, 4.69) is 17.2 Å². The van der Waals surface area contributed by atoms with E-state index in [9.17, 15) is 0 Å². The number of aliphatic hydroxyl groups excluding tert-OH is 1. The molecule has 2 aliphatic heterocycles. The molecular weight excluding hydrogens is 252 g/mol. The second kappa shape index (κ2) is 4.58. The molecule has 18 heavy (non-hydrogen) atoms. The Morgan fingerprint density at radius 3 is 3.22 bits per heavy atom. The lowest BCUT2D eigenvalue weighted by molar-refractivity contribution is -0.0127. The van der Waals surface area contributed by atoms with E-state index in [-0.39, 0.29) is 29.7 Å². The van der Waals surface area contributed by atoms with E-state index in [1.165, 1.54) is 0 Å². The molecule has 0 aliphatic carbocycles. The van der Waals surface area contributed by atoms with E-state index in [4.69, 9.17) is 15.6 Å². The predicted molar refractivity (Wildman–Crippen MR) is 71.5 cm³/mol. The standard InChI is InChI=1S/C11H16N4O2S/c1-6-11(17-8(4-16)18-6)15-3-2-7-9(12)13-5-14-10(7)15/h2-3,5-6,8-9,11,16H,4,12H2,1H3,(H,13,14)/t6-,8-,9?,11+/m0/s1. The number of ether oxygens (including phenoxy) is 1. The van der Waals surface area contributed by atoms with Gasteiger partial charge in [-0.05, 0) is 13.0 Å².